The van der Waals surface area contributed by atoms with E-state index in [4.69, 9.17) is 9.23 Å². The molecule has 2 rings (SSSR count). The molecular weight excluding hydrogens is 187 g/mol. The van der Waals surface area contributed by atoms with Crippen molar-refractivity contribution in [2.24, 2.45) is 0 Å². The Morgan fingerprint density at radius 3 is 2.71 bits per heavy atom. The Hall–Kier alpha value is -0.975. The van der Waals surface area contributed by atoms with Crippen molar-refractivity contribution in [3.05, 3.63) is 30.3 Å². The summed E-state index contributed by atoms with van der Waals surface area (Å²) in [5, 5.41) is 0. The summed E-state index contributed by atoms with van der Waals surface area (Å²) in [6, 6.07) is 8.81. The second-order valence-corrected chi connectivity index (χ2v) is 2.50. The molecule has 69 valence electrons. The van der Waals surface area contributed by atoms with Crippen molar-refractivity contribution in [3.8, 4) is 5.75 Å². The summed E-state index contributed by atoms with van der Waals surface area (Å²) in [5.41, 5.74) is 0. The third kappa shape index (κ3) is 2.51. The van der Waals surface area contributed by atoms with Gasteiger partial charge in [-0.3, -0.25) is 4.32 Å². The third-order valence-electron chi connectivity index (χ3n) is 1.52. The minimum absolute atomic E-state index is 0.528. The molecule has 14 heavy (non-hydrogen) atoms. The molecule has 0 atom stereocenters. The van der Waals surface area contributed by atoms with E-state index >= 15 is 0 Å². The van der Waals surface area contributed by atoms with Gasteiger partial charge in [0.2, 0.25) is 0 Å². The van der Waals surface area contributed by atoms with Crippen LogP contribution < -0.4 is 4.65 Å². The zero-order valence-electron chi connectivity index (χ0n) is 7.13. The highest BCUT2D eigenvalue weighted by molar-refractivity contribution is 6.62. The van der Waals surface area contributed by atoms with Crippen LogP contribution in [-0.4, -0.2) is 22.4 Å². The van der Waals surface area contributed by atoms with Gasteiger partial charge in [-0.2, -0.15) is 0 Å². The highest BCUT2D eigenvalue weighted by Crippen LogP contribution is 2.12. The van der Waals surface area contributed by atoms with Gasteiger partial charge in [0.25, 0.3) is 0 Å². The van der Waals surface area contributed by atoms with Crippen molar-refractivity contribution in [2.45, 2.75) is 0 Å². The highest BCUT2D eigenvalue weighted by Gasteiger charge is 2.38. The van der Waals surface area contributed by atoms with Crippen LogP contribution in [0.5, 0.6) is 5.75 Å². The fourth-order valence-electron chi connectivity index (χ4n) is 0.938. The van der Waals surface area contributed by atoms with Crippen molar-refractivity contribution < 1.29 is 22.7 Å². The summed E-state index contributed by atoms with van der Waals surface area (Å²) in [4.78, 5) is 0. The van der Waals surface area contributed by atoms with Crippen LogP contribution >= 0.6 is 0 Å². The Balaban J connectivity index is 1.91. The summed E-state index contributed by atoms with van der Waals surface area (Å²) in [6.45, 7) is 0. The van der Waals surface area contributed by atoms with E-state index in [0.29, 0.717) is 5.75 Å². The molecule has 0 amide bonds. The van der Waals surface area contributed by atoms with Gasteiger partial charge in [-0.15, -0.1) is 0 Å². The molecule has 0 aromatic heterocycles. The fraction of sp³-hybridized carbons (Fsp3) is 0. The molecule has 0 aliphatic carbocycles. The first kappa shape index (κ1) is 9.57. The Bertz CT molecular complexity index is 288. The van der Waals surface area contributed by atoms with Gasteiger partial charge in [0.15, 0.2) is 0 Å². The summed E-state index contributed by atoms with van der Waals surface area (Å²) >= 11 is 0. The van der Waals surface area contributed by atoms with Gasteiger partial charge in [0.1, 0.15) is 5.75 Å². The average Bonchev–Trinajstić information content (AvgIpc) is 2.19. The maximum Gasteiger partial charge on any atom is 0.687 e. The van der Waals surface area contributed by atoms with Gasteiger partial charge < -0.3 is 18.4 Å². The molecule has 0 spiro atoms. The number of para-hydroxylation sites is 1. The normalized spacial score (nSPS) is 16.4. The number of rotatable bonds is 2. The van der Waals surface area contributed by atoms with E-state index in [1.54, 1.807) is 24.3 Å². The molecule has 0 unspecified atom stereocenters. The molecular formula is C6H5B3FO4. The van der Waals surface area contributed by atoms with Crippen LogP contribution in [0.15, 0.2) is 30.3 Å². The predicted molar refractivity (Wildman–Crippen MR) is 48.7 cm³/mol. The van der Waals surface area contributed by atoms with Gasteiger partial charge in [-0.05, 0) is 12.1 Å². The lowest BCUT2D eigenvalue weighted by Gasteiger charge is -2.19. The lowest BCUT2D eigenvalue weighted by Crippen LogP contribution is -2.44. The average molecular weight is 193 g/mol. The predicted octanol–water partition coefficient (Wildman–Crippen LogP) is 0.602. The van der Waals surface area contributed by atoms with Crippen LogP contribution in [0.4, 0.5) is 4.32 Å². The van der Waals surface area contributed by atoms with Crippen LogP contribution in [-0.2, 0) is 13.7 Å². The van der Waals surface area contributed by atoms with Crippen molar-refractivity contribution in [1.29, 1.82) is 0 Å². The summed E-state index contributed by atoms with van der Waals surface area (Å²) < 4.78 is 31.1. The zero-order valence-corrected chi connectivity index (χ0v) is 7.13. The number of hydrogen-bond donors (Lipinski definition) is 0. The Morgan fingerprint density at radius 2 is 2.00 bits per heavy atom. The highest BCUT2D eigenvalue weighted by atomic mass is 19.1. The molecule has 1 saturated heterocycles. The summed E-state index contributed by atoms with van der Waals surface area (Å²) in [5.74, 6) is 0.528. The SMILES string of the molecule is FB1O[B]OB(Oc2ccccc2)O1. The summed E-state index contributed by atoms with van der Waals surface area (Å²) in [6.07, 6.45) is 0. The third-order valence-corrected chi connectivity index (χ3v) is 1.52. The first-order valence-electron chi connectivity index (χ1n) is 3.98. The Morgan fingerprint density at radius 1 is 1.21 bits per heavy atom. The lowest BCUT2D eigenvalue weighted by atomic mass is 10.0. The van der Waals surface area contributed by atoms with E-state index in [0.717, 1.165) is 7.69 Å². The van der Waals surface area contributed by atoms with Crippen LogP contribution in [0, 0.1) is 0 Å². The number of halogens is 1. The van der Waals surface area contributed by atoms with Gasteiger partial charge >= 0.3 is 22.4 Å². The molecule has 4 nitrogen and oxygen atoms in total. The van der Waals surface area contributed by atoms with Crippen molar-refractivity contribution in [1.82, 2.24) is 0 Å². The molecule has 0 N–H and O–H groups in total. The standard InChI is InChI=1S/C6H5B3FO4/c10-8-12-7-13-9(14-8)11-6-4-2-1-3-5-6/h1-5H. The largest absolute Gasteiger partial charge is 0.687 e. The molecule has 1 aromatic rings. The number of hydrogen-bond acceptors (Lipinski definition) is 4. The topological polar surface area (TPSA) is 36.9 Å². The van der Waals surface area contributed by atoms with E-state index in [-0.39, 0.29) is 0 Å². The van der Waals surface area contributed by atoms with E-state index in [2.05, 4.69) is 9.14 Å². The molecule has 1 fully saturated rings. The quantitative estimate of drug-likeness (QED) is 0.643. The maximum absolute atomic E-state index is 12.5. The van der Waals surface area contributed by atoms with Crippen LogP contribution in [0.3, 0.4) is 0 Å². The van der Waals surface area contributed by atoms with Gasteiger partial charge in [0.05, 0.1) is 0 Å². The minimum atomic E-state index is -1.85. The molecule has 1 heterocycles. The molecule has 1 aliphatic rings. The van der Waals surface area contributed by atoms with Crippen LogP contribution in [0.1, 0.15) is 0 Å². The Labute approximate surface area is 82.0 Å². The van der Waals surface area contributed by atoms with E-state index in [1.807, 2.05) is 6.07 Å². The smallest absolute Gasteiger partial charge is 0.513 e. The fourth-order valence-corrected chi connectivity index (χ4v) is 0.938. The Kier molecular flexibility index (Phi) is 3.08. The molecule has 0 saturated carbocycles. The first-order chi connectivity index (χ1) is 6.84. The molecule has 1 aromatic carbocycles. The van der Waals surface area contributed by atoms with E-state index in [1.165, 1.54) is 0 Å². The van der Waals surface area contributed by atoms with Crippen molar-refractivity contribution in [2.75, 3.05) is 0 Å². The van der Waals surface area contributed by atoms with Gasteiger partial charge in [0, 0.05) is 0 Å². The molecule has 1 aliphatic heterocycles. The first-order valence-corrected chi connectivity index (χ1v) is 3.98. The van der Waals surface area contributed by atoms with Crippen molar-refractivity contribution >= 4 is 22.4 Å². The second-order valence-electron chi connectivity index (χ2n) is 2.50. The van der Waals surface area contributed by atoms with E-state index in [9.17, 15) is 4.32 Å². The van der Waals surface area contributed by atoms with Crippen molar-refractivity contribution in [3.63, 3.8) is 0 Å². The molecule has 1 radical (unpaired) electrons. The second kappa shape index (κ2) is 4.50. The number of benzene rings is 1. The maximum atomic E-state index is 12.5. The monoisotopic (exact) mass is 193 g/mol. The van der Waals surface area contributed by atoms with E-state index < -0.39 is 14.7 Å². The molecule has 8 heteroatoms. The lowest BCUT2D eigenvalue weighted by molar-refractivity contribution is 0.211. The van der Waals surface area contributed by atoms with Gasteiger partial charge in [-0.1, -0.05) is 18.2 Å². The van der Waals surface area contributed by atoms with Crippen LogP contribution in [0.25, 0.3) is 0 Å². The zero-order chi connectivity index (χ0) is 9.80. The minimum Gasteiger partial charge on any atom is -0.513 e. The van der Waals surface area contributed by atoms with Crippen LogP contribution in [0.2, 0.25) is 0 Å². The van der Waals surface area contributed by atoms with Gasteiger partial charge in [-0.25, -0.2) is 0 Å². The summed E-state index contributed by atoms with van der Waals surface area (Å²) in [7, 11) is -2.11. The molecule has 0 bridgehead atoms.